The zero-order valence-corrected chi connectivity index (χ0v) is 12.5. The predicted molar refractivity (Wildman–Crippen MR) is 75.8 cm³/mol. The number of amides is 1. The molecule has 1 aromatic carbocycles. The lowest BCUT2D eigenvalue weighted by atomic mass is 9.99. The number of hydrogen-bond donors (Lipinski definition) is 2. The smallest absolute Gasteiger partial charge is 0.441 e. The second-order valence-corrected chi connectivity index (χ2v) is 5.96. The summed E-state index contributed by atoms with van der Waals surface area (Å²) in [6.07, 6.45) is -0.119. The normalized spacial score (nSPS) is 17.8. The maximum absolute atomic E-state index is 11.5. The van der Waals surface area contributed by atoms with E-state index in [0.717, 1.165) is 11.1 Å². The highest BCUT2D eigenvalue weighted by Crippen LogP contribution is 2.24. The van der Waals surface area contributed by atoms with Gasteiger partial charge in [-0.1, -0.05) is 6.07 Å². The van der Waals surface area contributed by atoms with Gasteiger partial charge in [-0.25, -0.2) is 4.79 Å². The van der Waals surface area contributed by atoms with E-state index in [1.807, 2.05) is 6.07 Å². The lowest BCUT2D eigenvalue weighted by Crippen LogP contribution is -2.34. The van der Waals surface area contributed by atoms with Crippen molar-refractivity contribution in [1.82, 2.24) is 5.48 Å². The van der Waals surface area contributed by atoms with Crippen molar-refractivity contribution < 1.29 is 24.2 Å². The van der Waals surface area contributed by atoms with Gasteiger partial charge in [0.05, 0.1) is 19.3 Å². The first-order valence-corrected chi connectivity index (χ1v) is 6.87. The molecule has 6 nitrogen and oxygen atoms in total. The van der Waals surface area contributed by atoms with Gasteiger partial charge in [-0.3, -0.25) is 0 Å². The van der Waals surface area contributed by atoms with Crippen molar-refractivity contribution in [2.24, 2.45) is 0 Å². The molecule has 0 radical (unpaired) electrons. The summed E-state index contributed by atoms with van der Waals surface area (Å²) >= 11 is 0. The first-order valence-electron chi connectivity index (χ1n) is 6.87. The van der Waals surface area contributed by atoms with E-state index < -0.39 is 11.7 Å². The highest BCUT2D eigenvalue weighted by Gasteiger charge is 2.20. The maximum Gasteiger partial charge on any atom is 0.441 e. The molecule has 1 amide bonds. The molecule has 6 heteroatoms. The molecule has 21 heavy (non-hydrogen) atoms. The minimum absolute atomic E-state index is 0.0118. The van der Waals surface area contributed by atoms with E-state index in [2.05, 4.69) is 5.48 Å². The van der Waals surface area contributed by atoms with Crippen LogP contribution in [0.3, 0.4) is 0 Å². The van der Waals surface area contributed by atoms with Crippen LogP contribution in [0.25, 0.3) is 0 Å². The summed E-state index contributed by atoms with van der Waals surface area (Å²) in [6, 6.07) is 5.48. The largest absolute Gasteiger partial charge is 0.442 e. The van der Waals surface area contributed by atoms with Crippen molar-refractivity contribution >= 4 is 6.09 Å². The highest BCUT2D eigenvalue weighted by atomic mass is 16.7. The molecule has 0 fully saturated rings. The SMILES string of the molecule is CC(C)(C)OC(=O)NOc1ccc2c(c1)COC(CO)C2. The third kappa shape index (κ3) is 4.61. The molecule has 0 spiro atoms. The average Bonchev–Trinajstić information content (AvgIpc) is 2.42. The predicted octanol–water partition coefficient (Wildman–Crippen LogP) is 1.94. The lowest BCUT2D eigenvalue weighted by molar-refractivity contribution is -0.00725. The van der Waals surface area contributed by atoms with E-state index in [0.29, 0.717) is 18.8 Å². The Morgan fingerprint density at radius 1 is 1.43 bits per heavy atom. The molecule has 2 rings (SSSR count). The summed E-state index contributed by atoms with van der Waals surface area (Å²) in [5.74, 6) is 0.505. The molecule has 2 N–H and O–H groups in total. The summed E-state index contributed by atoms with van der Waals surface area (Å²) in [6.45, 7) is 5.77. The molecule has 1 atom stereocenters. The number of rotatable bonds is 3. The van der Waals surface area contributed by atoms with Crippen LogP contribution in [0.4, 0.5) is 4.79 Å². The Morgan fingerprint density at radius 3 is 2.86 bits per heavy atom. The van der Waals surface area contributed by atoms with E-state index in [1.54, 1.807) is 32.9 Å². The molecular formula is C15H21NO5. The van der Waals surface area contributed by atoms with E-state index in [4.69, 9.17) is 19.4 Å². The van der Waals surface area contributed by atoms with Crippen molar-refractivity contribution in [2.45, 2.75) is 45.5 Å². The van der Waals surface area contributed by atoms with Crippen LogP contribution < -0.4 is 10.3 Å². The van der Waals surface area contributed by atoms with E-state index in [-0.39, 0.29) is 12.7 Å². The Bertz CT molecular complexity index is 509. The first kappa shape index (κ1) is 15.6. The average molecular weight is 295 g/mol. The van der Waals surface area contributed by atoms with Crippen molar-refractivity contribution in [2.75, 3.05) is 6.61 Å². The fourth-order valence-corrected chi connectivity index (χ4v) is 2.03. The van der Waals surface area contributed by atoms with Gasteiger partial charge >= 0.3 is 6.09 Å². The number of hydrogen-bond acceptors (Lipinski definition) is 5. The summed E-state index contributed by atoms with van der Waals surface area (Å²) < 4.78 is 10.6. The molecule has 0 saturated carbocycles. The third-order valence-corrected chi connectivity index (χ3v) is 2.95. The van der Waals surface area contributed by atoms with E-state index >= 15 is 0 Å². The molecule has 0 aliphatic carbocycles. The quantitative estimate of drug-likeness (QED) is 0.833. The molecule has 116 valence electrons. The van der Waals surface area contributed by atoms with Gasteiger partial charge in [0.2, 0.25) is 0 Å². The Labute approximate surface area is 124 Å². The van der Waals surface area contributed by atoms with Crippen LogP contribution in [0, 0.1) is 0 Å². The summed E-state index contributed by atoms with van der Waals surface area (Å²) in [7, 11) is 0. The van der Waals surface area contributed by atoms with Gasteiger partial charge in [0, 0.05) is 6.42 Å². The van der Waals surface area contributed by atoms with E-state index in [9.17, 15) is 4.79 Å². The number of fused-ring (bicyclic) bond motifs is 1. The number of benzene rings is 1. The molecule has 1 aliphatic heterocycles. The molecular weight excluding hydrogens is 274 g/mol. The molecule has 1 aliphatic rings. The van der Waals surface area contributed by atoms with Crippen LogP contribution in [-0.2, 0) is 22.5 Å². The lowest BCUT2D eigenvalue weighted by Gasteiger charge is -2.24. The van der Waals surface area contributed by atoms with Crippen LogP contribution in [0.2, 0.25) is 0 Å². The summed E-state index contributed by atoms with van der Waals surface area (Å²) in [5.41, 5.74) is 3.77. The van der Waals surface area contributed by atoms with Crippen LogP contribution in [-0.4, -0.2) is 29.5 Å². The number of aliphatic hydroxyl groups excluding tert-OH is 1. The van der Waals surface area contributed by atoms with Gasteiger partial charge in [0.15, 0.2) is 5.75 Å². The molecule has 0 aromatic heterocycles. The summed E-state index contributed by atoms with van der Waals surface area (Å²) in [4.78, 5) is 16.7. The van der Waals surface area contributed by atoms with Crippen molar-refractivity contribution in [1.29, 1.82) is 0 Å². The maximum atomic E-state index is 11.5. The van der Waals surface area contributed by atoms with Gasteiger partial charge in [0.1, 0.15) is 5.60 Å². The minimum Gasteiger partial charge on any atom is -0.442 e. The van der Waals surface area contributed by atoms with Crippen LogP contribution in [0.15, 0.2) is 18.2 Å². The number of ether oxygens (including phenoxy) is 2. The second-order valence-electron chi connectivity index (χ2n) is 5.96. The zero-order chi connectivity index (χ0) is 15.5. The standard InChI is InChI=1S/C15H21NO5/c1-15(2,3)20-14(18)16-21-12-5-4-10-6-13(8-17)19-9-11(10)7-12/h4-5,7,13,17H,6,8-9H2,1-3H3,(H,16,18). The third-order valence-electron chi connectivity index (χ3n) is 2.95. The topological polar surface area (TPSA) is 77.0 Å². The number of carbonyl (C=O) groups is 1. The van der Waals surface area contributed by atoms with Crippen molar-refractivity contribution in [3.63, 3.8) is 0 Å². The van der Waals surface area contributed by atoms with E-state index in [1.165, 1.54) is 0 Å². The Kier molecular flexibility index (Phi) is 4.69. The van der Waals surface area contributed by atoms with Crippen molar-refractivity contribution in [3.05, 3.63) is 29.3 Å². The van der Waals surface area contributed by atoms with Gasteiger partial charge in [-0.15, -0.1) is 0 Å². The number of carbonyl (C=O) groups excluding carboxylic acids is 1. The second kappa shape index (κ2) is 6.32. The number of hydroxylamine groups is 1. The van der Waals surface area contributed by atoms with Crippen LogP contribution >= 0.6 is 0 Å². The fraction of sp³-hybridized carbons (Fsp3) is 0.533. The molecule has 0 bridgehead atoms. The Morgan fingerprint density at radius 2 is 2.19 bits per heavy atom. The van der Waals surface area contributed by atoms with Gasteiger partial charge < -0.3 is 19.4 Å². The van der Waals surface area contributed by atoms with Crippen molar-refractivity contribution in [3.8, 4) is 5.75 Å². The molecule has 1 aromatic rings. The van der Waals surface area contributed by atoms with Gasteiger partial charge in [-0.05, 0) is 44.0 Å². The fourth-order valence-electron chi connectivity index (χ4n) is 2.03. The monoisotopic (exact) mass is 295 g/mol. The molecule has 1 heterocycles. The number of nitrogens with one attached hydrogen (secondary N) is 1. The minimum atomic E-state index is -0.642. The first-order chi connectivity index (χ1) is 9.87. The Hall–Kier alpha value is -1.79. The van der Waals surface area contributed by atoms with Gasteiger partial charge in [-0.2, -0.15) is 5.48 Å². The number of aliphatic hydroxyl groups is 1. The van der Waals surface area contributed by atoms with Crippen LogP contribution in [0.5, 0.6) is 5.75 Å². The summed E-state index contributed by atoms with van der Waals surface area (Å²) in [5, 5.41) is 9.10. The zero-order valence-electron chi connectivity index (χ0n) is 12.5. The highest BCUT2D eigenvalue weighted by molar-refractivity contribution is 5.66. The molecule has 0 saturated heterocycles. The van der Waals surface area contributed by atoms with Gasteiger partial charge in [0.25, 0.3) is 0 Å². The van der Waals surface area contributed by atoms with Crippen LogP contribution in [0.1, 0.15) is 31.9 Å². The molecule has 1 unspecified atom stereocenters. The Balaban J connectivity index is 1.92.